The predicted octanol–water partition coefficient (Wildman–Crippen LogP) is 1.61. The summed E-state index contributed by atoms with van der Waals surface area (Å²) in [5, 5.41) is 5.75. The maximum Gasteiger partial charge on any atom is 0.264 e. The predicted molar refractivity (Wildman–Crippen MR) is 75.5 cm³/mol. The molecule has 3 aromatic rings. The van der Waals surface area contributed by atoms with Gasteiger partial charge in [0.25, 0.3) is 5.56 Å². The highest BCUT2D eigenvalue weighted by Crippen LogP contribution is 2.18. The average molecular weight is 254 g/mol. The standard InChI is InChI=1S/C14H14N4O/c1-9-12(8-17(2)16-9)18-13(15)7-10-5-3-4-6-11(10)14(18)19/h3-8H,15H2,1-2H3. The van der Waals surface area contributed by atoms with Crippen molar-refractivity contribution in [3.63, 3.8) is 0 Å². The summed E-state index contributed by atoms with van der Waals surface area (Å²) >= 11 is 0. The number of benzene rings is 1. The smallest absolute Gasteiger partial charge is 0.264 e. The molecule has 0 saturated carbocycles. The SMILES string of the molecule is Cc1nn(C)cc1-n1c(N)cc2ccccc2c1=O. The molecule has 5 nitrogen and oxygen atoms in total. The van der Waals surface area contributed by atoms with Gasteiger partial charge in [-0.15, -0.1) is 0 Å². The van der Waals surface area contributed by atoms with E-state index in [1.165, 1.54) is 4.57 Å². The van der Waals surface area contributed by atoms with Crippen molar-refractivity contribution in [1.29, 1.82) is 0 Å². The molecule has 2 N–H and O–H groups in total. The van der Waals surface area contributed by atoms with Crippen LogP contribution in [-0.4, -0.2) is 14.3 Å². The van der Waals surface area contributed by atoms with E-state index in [1.807, 2.05) is 38.2 Å². The number of rotatable bonds is 1. The van der Waals surface area contributed by atoms with E-state index in [0.717, 1.165) is 16.8 Å². The van der Waals surface area contributed by atoms with E-state index in [9.17, 15) is 4.79 Å². The zero-order chi connectivity index (χ0) is 13.6. The molecule has 2 heterocycles. The molecule has 0 bridgehead atoms. The van der Waals surface area contributed by atoms with Crippen LogP contribution in [0.4, 0.5) is 5.82 Å². The number of hydrogen-bond donors (Lipinski definition) is 1. The zero-order valence-electron chi connectivity index (χ0n) is 10.8. The molecule has 0 aliphatic carbocycles. The monoisotopic (exact) mass is 254 g/mol. The first kappa shape index (κ1) is 11.5. The second-order valence-electron chi connectivity index (χ2n) is 4.57. The molecule has 96 valence electrons. The lowest BCUT2D eigenvalue weighted by Gasteiger charge is -2.09. The Balaban J connectivity index is 2.42. The summed E-state index contributed by atoms with van der Waals surface area (Å²) in [7, 11) is 1.82. The van der Waals surface area contributed by atoms with Crippen LogP contribution in [-0.2, 0) is 7.05 Å². The largest absolute Gasteiger partial charge is 0.385 e. The number of nitrogens with two attached hydrogens (primary N) is 1. The molecule has 0 amide bonds. The molecule has 0 aliphatic heterocycles. The van der Waals surface area contributed by atoms with E-state index in [-0.39, 0.29) is 5.56 Å². The Morgan fingerprint density at radius 1 is 1.26 bits per heavy atom. The molecular formula is C14H14N4O. The van der Waals surface area contributed by atoms with E-state index < -0.39 is 0 Å². The van der Waals surface area contributed by atoms with Crippen molar-refractivity contribution in [1.82, 2.24) is 14.3 Å². The van der Waals surface area contributed by atoms with Gasteiger partial charge >= 0.3 is 0 Å². The molecule has 0 saturated heterocycles. The Morgan fingerprint density at radius 3 is 2.68 bits per heavy atom. The van der Waals surface area contributed by atoms with Gasteiger partial charge < -0.3 is 5.73 Å². The van der Waals surface area contributed by atoms with Crippen LogP contribution in [0.2, 0.25) is 0 Å². The number of pyridine rings is 1. The van der Waals surface area contributed by atoms with Crippen LogP contribution in [0.25, 0.3) is 16.5 Å². The molecule has 0 unspecified atom stereocenters. The van der Waals surface area contributed by atoms with Crippen molar-refractivity contribution in [2.45, 2.75) is 6.92 Å². The van der Waals surface area contributed by atoms with Crippen LogP contribution < -0.4 is 11.3 Å². The fraction of sp³-hybridized carbons (Fsp3) is 0.143. The van der Waals surface area contributed by atoms with E-state index >= 15 is 0 Å². The van der Waals surface area contributed by atoms with Gasteiger partial charge in [-0.1, -0.05) is 18.2 Å². The van der Waals surface area contributed by atoms with Gasteiger partial charge in [-0.05, 0) is 24.4 Å². The van der Waals surface area contributed by atoms with Gasteiger partial charge in [-0.25, -0.2) is 0 Å². The Bertz CT molecular complexity index is 829. The van der Waals surface area contributed by atoms with Crippen LogP contribution in [0.3, 0.4) is 0 Å². The summed E-state index contributed by atoms with van der Waals surface area (Å²) in [4.78, 5) is 12.6. The lowest BCUT2D eigenvalue weighted by Crippen LogP contribution is -2.21. The van der Waals surface area contributed by atoms with Gasteiger partial charge in [0.2, 0.25) is 0 Å². The number of aryl methyl sites for hydroxylation is 2. The number of aromatic nitrogens is 3. The molecule has 0 atom stereocenters. The lowest BCUT2D eigenvalue weighted by molar-refractivity contribution is 0.756. The fourth-order valence-electron chi connectivity index (χ4n) is 2.33. The fourth-order valence-corrected chi connectivity index (χ4v) is 2.33. The maximum atomic E-state index is 12.6. The summed E-state index contributed by atoms with van der Waals surface area (Å²) < 4.78 is 3.18. The van der Waals surface area contributed by atoms with E-state index in [4.69, 9.17) is 5.73 Å². The first-order chi connectivity index (χ1) is 9.08. The molecule has 0 spiro atoms. The van der Waals surface area contributed by atoms with Crippen LogP contribution in [0.15, 0.2) is 41.3 Å². The number of fused-ring (bicyclic) bond motifs is 1. The van der Waals surface area contributed by atoms with E-state index in [2.05, 4.69) is 5.10 Å². The molecule has 19 heavy (non-hydrogen) atoms. The molecule has 0 aliphatic rings. The highest BCUT2D eigenvalue weighted by Gasteiger charge is 2.12. The van der Waals surface area contributed by atoms with Gasteiger partial charge in [0.1, 0.15) is 5.82 Å². The Morgan fingerprint density at radius 2 is 2.00 bits per heavy atom. The molecule has 2 aromatic heterocycles. The van der Waals surface area contributed by atoms with Crippen molar-refractivity contribution in [3.05, 3.63) is 52.6 Å². The minimum absolute atomic E-state index is 0.119. The summed E-state index contributed by atoms with van der Waals surface area (Å²) in [6.45, 7) is 1.86. The molecule has 0 fully saturated rings. The second kappa shape index (κ2) is 3.98. The number of nitrogens with zero attached hydrogens (tertiary/aromatic N) is 3. The summed E-state index contributed by atoms with van der Waals surface area (Å²) in [6, 6.07) is 9.23. The quantitative estimate of drug-likeness (QED) is 0.717. The minimum atomic E-state index is -0.119. The molecule has 1 aromatic carbocycles. The van der Waals surface area contributed by atoms with Crippen molar-refractivity contribution in [2.24, 2.45) is 7.05 Å². The summed E-state index contributed by atoms with van der Waals surface area (Å²) in [6.07, 6.45) is 1.79. The number of anilines is 1. The van der Waals surface area contributed by atoms with Crippen LogP contribution in [0, 0.1) is 6.92 Å². The maximum absolute atomic E-state index is 12.6. The van der Waals surface area contributed by atoms with E-state index in [1.54, 1.807) is 16.9 Å². The van der Waals surface area contributed by atoms with Crippen molar-refractivity contribution in [2.75, 3.05) is 5.73 Å². The van der Waals surface area contributed by atoms with Crippen LogP contribution in [0.5, 0.6) is 0 Å². The third-order valence-electron chi connectivity index (χ3n) is 3.18. The van der Waals surface area contributed by atoms with E-state index in [0.29, 0.717) is 11.2 Å². The average Bonchev–Trinajstić information content (AvgIpc) is 2.68. The summed E-state index contributed by atoms with van der Waals surface area (Å²) in [5.74, 6) is 0.416. The lowest BCUT2D eigenvalue weighted by atomic mass is 10.1. The third kappa shape index (κ3) is 1.71. The number of hydrogen-bond acceptors (Lipinski definition) is 3. The van der Waals surface area contributed by atoms with Crippen LogP contribution >= 0.6 is 0 Å². The normalized spacial score (nSPS) is 11.1. The van der Waals surface area contributed by atoms with Gasteiger partial charge in [0.05, 0.1) is 11.4 Å². The van der Waals surface area contributed by atoms with Crippen LogP contribution in [0.1, 0.15) is 5.69 Å². The zero-order valence-corrected chi connectivity index (χ0v) is 10.8. The first-order valence-electron chi connectivity index (χ1n) is 5.99. The first-order valence-corrected chi connectivity index (χ1v) is 5.99. The highest BCUT2D eigenvalue weighted by molar-refractivity contribution is 5.84. The molecule has 5 heteroatoms. The van der Waals surface area contributed by atoms with Gasteiger partial charge in [0.15, 0.2) is 0 Å². The molecular weight excluding hydrogens is 240 g/mol. The molecule has 3 rings (SSSR count). The third-order valence-corrected chi connectivity index (χ3v) is 3.18. The Kier molecular flexibility index (Phi) is 2.41. The van der Waals surface area contributed by atoms with Gasteiger partial charge in [0, 0.05) is 18.6 Å². The number of nitrogen functional groups attached to an aromatic ring is 1. The van der Waals surface area contributed by atoms with Gasteiger partial charge in [-0.2, -0.15) is 5.10 Å². The van der Waals surface area contributed by atoms with Crippen molar-refractivity contribution in [3.8, 4) is 5.69 Å². The van der Waals surface area contributed by atoms with Gasteiger partial charge in [-0.3, -0.25) is 14.0 Å². The Hall–Kier alpha value is -2.56. The highest BCUT2D eigenvalue weighted by atomic mass is 16.1. The topological polar surface area (TPSA) is 65.8 Å². The second-order valence-corrected chi connectivity index (χ2v) is 4.57. The Labute approximate surface area is 109 Å². The van der Waals surface area contributed by atoms with Crippen molar-refractivity contribution >= 4 is 16.6 Å². The molecule has 0 radical (unpaired) electrons. The summed E-state index contributed by atoms with van der Waals surface area (Å²) in [5.41, 5.74) is 7.39. The van der Waals surface area contributed by atoms with Crippen molar-refractivity contribution < 1.29 is 0 Å². The minimum Gasteiger partial charge on any atom is -0.385 e.